The number of nitrogens with zero attached hydrogens (tertiary/aromatic N) is 7. The molecule has 1 spiro atoms. The lowest BCUT2D eigenvalue weighted by Crippen LogP contribution is -2.33. The molecule has 1 saturated heterocycles. The smallest absolute Gasteiger partial charge is 0.175 e. The molecule has 5 rings (SSSR count). The van der Waals surface area contributed by atoms with Crippen LogP contribution in [0.5, 0.6) is 0 Å². The molecule has 3 aromatic heterocycles. The zero-order chi connectivity index (χ0) is 16.7. The van der Waals surface area contributed by atoms with Crippen molar-refractivity contribution < 1.29 is 0 Å². The van der Waals surface area contributed by atoms with Crippen LogP contribution in [0.2, 0.25) is 0 Å². The molecule has 2 N–H and O–H groups in total. The Morgan fingerprint density at radius 2 is 2.12 bits per heavy atom. The number of anilines is 1. The summed E-state index contributed by atoms with van der Waals surface area (Å²) in [5.74, 6) is 1.84. The third-order valence-corrected chi connectivity index (χ3v) is 5.40. The summed E-state index contributed by atoms with van der Waals surface area (Å²) in [6.07, 6.45) is 7.02. The lowest BCUT2D eigenvalue weighted by Gasteiger charge is -2.25. The van der Waals surface area contributed by atoms with Crippen LogP contribution in [0.1, 0.15) is 18.7 Å². The van der Waals surface area contributed by atoms with Gasteiger partial charge in [0.15, 0.2) is 5.82 Å². The Kier molecular flexibility index (Phi) is 3.40. The average molecular weight is 339 g/mol. The number of aromatic nitrogens is 7. The minimum Gasteiger partial charge on any atom is -0.354 e. The largest absolute Gasteiger partial charge is 0.354 e. The minimum absolute atomic E-state index is 0.404. The molecule has 2 fully saturated rings. The van der Waals surface area contributed by atoms with Crippen molar-refractivity contribution in [2.45, 2.75) is 19.3 Å². The van der Waals surface area contributed by atoms with E-state index in [1.54, 1.807) is 6.33 Å². The van der Waals surface area contributed by atoms with E-state index in [0.29, 0.717) is 5.41 Å². The van der Waals surface area contributed by atoms with Crippen LogP contribution >= 0.6 is 0 Å². The molecule has 25 heavy (non-hydrogen) atoms. The second-order valence-corrected chi connectivity index (χ2v) is 7.21. The molecule has 2 aliphatic rings. The van der Waals surface area contributed by atoms with Gasteiger partial charge < -0.3 is 14.8 Å². The number of H-pyrrole nitrogens is 2. The van der Waals surface area contributed by atoms with Crippen LogP contribution < -0.4 is 4.90 Å². The van der Waals surface area contributed by atoms with Gasteiger partial charge in [0.05, 0.1) is 5.39 Å². The maximum Gasteiger partial charge on any atom is 0.175 e. The zero-order valence-electron chi connectivity index (χ0n) is 14.0. The molecule has 1 aliphatic carbocycles. The van der Waals surface area contributed by atoms with E-state index in [-0.39, 0.29) is 0 Å². The highest BCUT2D eigenvalue weighted by Gasteiger charge is 2.46. The molecule has 9 heteroatoms. The van der Waals surface area contributed by atoms with E-state index in [1.807, 2.05) is 6.20 Å². The number of tetrazole rings is 1. The van der Waals surface area contributed by atoms with Crippen LogP contribution in [-0.4, -0.2) is 73.2 Å². The molecule has 0 unspecified atom stereocenters. The van der Waals surface area contributed by atoms with Gasteiger partial charge in [-0.1, -0.05) is 5.21 Å². The van der Waals surface area contributed by atoms with Gasteiger partial charge in [0.1, 0.15) is 17.8 Å². The molecule has 0 bridgehead atoms. The normalized spacial score (nSPS) is 20.2. The summed E-state index contributed by atoms with van der Waals surface area (Å²) in [6.45, 7) is 5.19. The molecule has 1 saturated carbocycles. The van der Waals surface area contributed by atoms with Crippen molar-refractivity contribution in [1.29, 1.82) is 0 Å². The van der Waals surface area contributed by atoms with E-state index in [4.69, 9.17) is 0 Å². The fourth-order valence-electron chi connectivity index (χ4n) is 3.87. The number of rotatable bonds is 4. The topological polar surface area (TPSA) is 103 Å². The molecule has 0 aromatic carbocycles. The Balaban J connectivity index is 1.35. The molecule has 0 atom stereocenters. The maximum absolute atomic E-state index is 4.59. The van der Waals surface area contributed by atoms with Crippen molar-refractivity contribution >= 4 is 16.9 Å². The number of hydrogen-bond donors (Lipinski definition) is 2. The average Bonchev–Trinajstić information content (AvgIpc) is 3.03. The third-order valence-electron chi connectivity index (χ3n) is 5.40. The predicted octanol–water partition coefficient (Wildman–Crippen LogP) is 0.616. The number of hydrogen-bond acceptors (Lipinski definition) is 7. The minimum atomic E-state index is 0.404. The standard InChI is InChI=1S/C16H21N9/c1-5-17-14-12(1)15(19-11-18-14)25-8-7-24(9-16(10-25)3-4-16)6-2-13-20-22-23-21-13/h1,5,11H,2-4,6-10H2,(H,17,18,19)(H,20,21,22,23). The molecule has 9 nitrogen and oxygen atoms in total. The first kappa shape index (κ1) is 14.8. The van der Waals surface area contributed by atoms with Crippen molar-refractivity contribution in [3.8, 4) is 0 Å². The van der Waals surface area contributed by atoms with Crippen molar-refractivity contribution in [3.63, 3.8) is 0 Å². The zero-order valence-corrected chi connectivity index (χ0v) is 14.0. The Labute approximate surface area is 144 Å². The molecule has 130 valence electrons. The van der Waals surface area contributed by atoms with Crippen LogP contribution in [0, 0.1) is 5.41 Å². The van der Waals surface area contributed by atoms with Gasteiger partial charge in [-0.3, -0.25) is 0 Å². The van der Waals surface area contributed by atoms with Gasteiger partial charge in [-0.05, 0) is 18.9 Å². The first-order chi connectivity index (χ1) is 12.3. The second-order valence-electron chi connectivity index (χ2n) is 7.21. The van der Waals surface area contributed by atoms with Crippen LogP contribution in [0.25, 0.3) is 11.0 Å². The van der Waals surface area contributed by atoms with Gasteiger partial charge in [-0.2, -0.15) is 5.21 Å². The summed E-state index contributed by atoms with van der Waals surface area (Å²) in [6, 6.07) is 2.07. The van der Waals surface area contributed by atoms with Crippen LogP contribution in [0.3, 0.4) is 0 Å². The van der Waals surface area contributed by atoms with Gasteiger partial charge in [0, 0.05) is 50.8 Å². The van der Waals surface area contributed by atoms with Crippen molar-refractivity contribution in [1.82, 2.24) is 40.5 Å². The van der Waals surface area contributed by atoms with E-state index in [9.17, 15) is 0 Å². The summed E-state index contributed by atoms with van der Waals surface area (Å²) in [7, 11) is 0. The summed E-state index contributed by atoms with van der Waals surface area (Å²) in [4.78, 5) is 17.1. The Hall–Kier alpha value is -2.55. The Bertz CT molecular complexity index is 852. The highest BCUT2D eigenvalue weighted by atomic mass is 15.5. The summed E-state index contributed by atoms with van der Waals surface area (Å²) >= 11 is 0. The summed E-state index contributed by atoms with van der Waals surface area (Å²) < 4.78 is 0. The van der Waals surface area contributed by atoms with Gasteiger partial charge >= 0.3 is 0 Å². The fraction of sp³-hybridized carbons (Fsp3) is 0.562. The van der Waals surface area contributed by atoms with Crippen LogP contribution in [0.15, 0.2) is 18.6 Å². The fourth-order valence-corrected chi connectivity index (χ4v) is 3.87. The Morgan fingerprint density at radius 3 is 2.96 bits per heavy atom. The van der Waals surface area contributed by atoms with E-state index in [1.165, 1.54) is 12.8 Å². The van der Waals surface area contributed by atoms with Crippen LogP contribution in [-0.2, 0) is 6.42 Å². The van der Waals surface area contributed by atoms with Gasteiger partial charge in [-0.25, -0.2) is 9.97 Å². The van der Waals surface area contributed by atoms with E-state index in [2.05, 4.69) is 51.4 Å². The van der Waals surface area contributed by atoms with Gasteiger partial charge in [0.2, 0.25) is 0 Å². The third kappa shape index (κ3) is 2.84. The molecular weight excluding hydrogens is 318 g/mol. The quantitative estimate of drug-likeness (QED) is 0.718. The van der Waals surface area contributed by atoms with E-state index >= 15 is 0 Å². The SMILES string of the molecule is c1nc(N2CCN(CCc3nn[nH]n3)CC3(CC3)C2)c2cc[nH]c2n1. The molecule has 0 amide bonds. The van der Waals surface area contributed by atoms with E-state index in [0.717, 1.165) is 61.8 Å². The number of aromatic amines is 2. The van der Waals surface area contributed by atoms with Crippen LogP contribution in [0.4, 0.5) is 5.82 Å². The summed E-state index contributed by atoms with van der Waals surface area (Å²) in [5, 5.41) is 15.4. The summed E-state index contributed by atoms with van der Waals surface area (Å²) in [5.41, 5.74) is 1.31. The second kappa shape index (κ2) is 5.76. The Morgan fingerprint density at radius 1 is 1.16 bits per heavy atom. The van der Waals surface area contributed by atoms with E-state index < -0.39 is 0 Å². The maximum atomic E-state index is 4.59. The van der Waals surface area contributed by atoms with Crippen molar-refractivity contribution in [2.75, 3.05) is 37.6 Å². The number of nitrogens with one attached hydrogen (secondary N) is 2. The van der Waals surface area contributed by atoms with Gasteiger partial charge in [-0.15, -0.1) is 10.2 Å². The highest BCUT2D eigenvalue weighted by Crippen LogP contribution is 2.48. The lowest BCUT2D eigenvalue weighted by atomic mass is 10.1. The molecule has 0 radical (unpaired) electrons. The molecule has 4 heterocycles. The molecule has 1 aliphatic heterocycles. The molecule has 3 aromatic rings. The van der Waals surface area contributed by atoms with Crippen molar-refractivity contribution in [2.24, 2.45) is 5.41 Å². The first-order valence-electron chi connectivity index (χ1n) is 8.79. The monoisotopic (exact) mass is 339 g/mol. The predicted molar refractivity (Wildman–Crippen MR) is 92.1 cm³/mol. The first-order valence-corrected chi connectivity index (χ1v) is 8.79. The number of fused-ring (bicyclic) bond motifs is 1. The molecular formula is C16H21N9. The van der Waals surface area contributed by atoms with Gasteiger partial charge in [0.25, 0.3) is 0 Å². The van der Waals surface area contributed by atoms with Crippen molar-refractivity contribution in [3.05, 3.63) is 24.4 Å². The lowest BCUT2D eigenvalue weighted by molar-refractivity contribution is 0.249. The highest BCUT2D eigenvalue weighted by molar-refractivity contribution is 5.87.